The summed E-state index contributed by atoms with van der Waals surface area (Å²) in [6.45, 7) is 2.81. The molecule has 0 aliphatic rings. The van der Waals surface area contributed by atoms with Gasteiger partial charge in [-0.2, -0.15) is 0 Å². The minimum absolute atomic E-state index is 0.207. The number of primary amides is 1. The van der Waals surface area contributed by atoms with Crippen LogP contribution < -0.4 is 11.1 Å². The first kappa shape index (κ1) is 11.4. The summed E-state index contributed by atoms with van der Waals surface area (Å²) >= 11 is 0. The van der Waals surface area contributed by atoms with E-state index in [0.29, 0.717) is 24.7 Å². The normalized spacial score (nSPS) is 10.0. The molecule has 3 N–H and O–H groups in total. The number of aryl methyl sites for hydroxylation is 1. The number of anilines is 1. The molecule has 1 aromatic rings. The summed E-state index contributed by atoms with van der Waals surface area (Å²) in [5.41, 5.74) is 5.93. The van der Waals surface area contributed by atoms with Gasteiger partial charge in [0.15, 0.2) is 5.69 Å². The fourth-order valence-electron chi connectivity index (χ4n) is 1.07. The van der Waals surface area contributed by atoms with E-state index in [1.807, 2.05) is 0 Å². The number of carbonyl (C=O) groups is 1. The molecule has 0 aliphatic carbocycles. The van der Waals surface area contributed by atoms with E-state index < -0.39 is 5.91 Å². The van der Waals surface area contributed by atoms with Crippen molar-refractivity contribution in [2.24, 2.45) is 5.73 Å². The van der Waals surface area contributed by atoms with Crippen LogP contribution >= 0.6 is 0 Å². The quantitative estimate of drug-likeness (QED) is 0.664. The van der Waals surface area contributed by atoms with E-state index in [1.54, 1.807) is 14.0 Å². The fourth-order valence-corrected chi connectivity index (χ4v) is 1.07. The summed E-state index contributed by atoms with van der Waals surface area (Å²) in [4.78, 5) is 19.0. The van der Waals surface area contributed by atoms with Crippen molar-refractivity contribution in [3.63, 3.8) is 0 Å². The van der Waals surface area contributed by atoms with Crippen molar-refractivity contribution >= 4 is 11.6 Å². The lowest BCUT2D eigenvalue weighted by atomic mass is 10.3. The summed E-state index contributed by atoms with van der Waals surface area (Å²) in [6.07, 6.45) is 1.54. The number of hydrogen-bond donors (Lipinski definition) is 2. The molecule has 6 heteroatoms. The third-order valence-corrected chi connectivity index (χ3v) is 1.76. The first-order valence-electron chi connectivity index (χ1n) is 4.51. The largest absolute Gasteiger partial charge is 0.383 e. The average molecular weight is 210 g/mol. The molecule has 0 radical (unpaired) electrons. The molecule has 0 saturated heterocycles. The second-order valence-corrected chi connectivity index (χ2v) is 2.96. The number of carbonyl (C=O) groups excluding carboxylic acids is 1. The standard InChI is InChI=1S/C9H14N4O2/c1-6-12-5-7(11-3-4-15-2)8(13-6)9(10)14/h5,11H,3-4H2,1-2H3,(H2,10,14). The summed E-state index contributed by atoms with van der Waals surface area (Å²) < 4.78 is 4.87. The molecule has 15 heavy (non-hydrogen) atoms. The van der Waals surface area contributed by atoms with Gasteiger partial charge in [0.2, 0.25) is 0 Å². The number of methoxy groups -OCH3 is 1. The van der Waals surface area contributed by atoms with Crippen molar-refractivity contribution in [1.82, 2.24) is 9.97 Å². The van der Waals surface area contributed by atoms with Crippen LogP contribution in [0.1, 0.15) is 16.3 Å². The SMILES string of the molecule is COCCNc1cnc(C)nc1C(N)=O. The summed E-state index contributed by atoms with van der Waals surface area (Å²) in [7, 11) is 1.60. The minimum Gasteiger partial charge on any atom is -0.383 e. The molecular formula is C9H14N4O2. The molecule has 0 aromatic carbocycles. The van der Waals surface area contributed by atoms with Crippen LogP contribution in [0.4, 0.5) is 5.69 Å². The maximum Gasteiger partial charge on any atom is 0.269 e. The molecule has 1 heterocycles. The van der Waals surface area contributed by atoms with E-state index in [4.69, 9.17) is 10.5 Å². The van der Waals surface area contributed by atoms with Crippen LogP contribution in [0.5, 0.6) is 0 Å². The Morgan fingerprint density at radius 2 is 2.40 bits per heavy atom. The Bertz CT molecular complexity index is 354. The highest BCUT2D eigenvalue weighted by Crippen LogP contribution is 2.10. The van der Waals surface area contributed by atoms with Crippen molar-refractivity contribution < 1.29 is 9.53 Å². The van der Waals surface area contributed by atoms with Gasteiger partial charge in [0.25, 0.3) is 5.91 Å². The number of aromatic nitrogens is 2. The minimum atomic E-state index is -0.569. The van der Waals surface area contributed by atoms with Crippen LogP contribution in [0.2, 0.25) is 0 Å². The highest BCUT2D eigenvalue weighted by Gasteiger charge is 2.10. The Labute approximate surface area is 87.9 Å². The van der Waals surface area contributed by atoms with E-state index >= 15 is 0 Å². The van der Waals surface area contributed by atoms with Gasteiger partial charge in [-0.1, -0.05) is 0 Å². The summed E-state index contributed by atoms with van der Waals surface area (Å²) in [6, 6.07) is 0. The number of hydrogen-bond acceptors (Lipinski definition) is 5. The van der Waals surface area contributed by atoms with Crippen molar-refractivity contribution in [1.29, 1.82) is 0 Å². The Balaban J connectivity index is 2.81. The van der Waals surface area contributed by atoms with Crippen molar-refractivity contribution in [3.8, 4) is 0 Å². The average Bonchev–Trinajstić information content (AvgIpc) is 2.20. The highest BCUT2D eigenvalue weighted by atomic mass is 16.5. The smallest absolute Gasteiger partial charge is 0.269 e. The van der Waals surface area contributed by atoms with Crippen LogP contribution in [0, 0.1) is 6.92 Å². The third kappa shape index (κ3) is 3.17. The predicted octanol–water partition coefficient (Wildman–Crippen LogP) is -0.0578. The Hall–Kier alpha value is -1.69. The number of rotatable bonds is 5. The lowest BCUT2D eigenvalue weighted by Gasteiger charge is -2.08. The first-order valence-corrected chi connectivity index (χ1v) is 4.51. The van der Waals surface area contributed by atoms with Gasteiger partial charge in [-0.15, -0.1) is 0 Å². The monoisotopic (exact) mass is 210 g/mol. The van der Waals surface area contributed by atoms with Gasteiger partial charge in [-0.25, -0.2) is 9.97 Å². The van der Waals surface area contributed by atoms with E-state index in [9.17, 15) is 4.79 Å². The van der Waals surface area contributed by atoms with Gasteiger partial charge in [0, 0.05) is 13.7 Å². The molecule has 1 amide bonds. The summed E-state index contributed by atoms with van der Waals surface area (Å²) in [5.74, 6) is -0.0542. The van der Waals surface area contributed by atoms with E-state index in [1.165, 1.54) is 6.20 Å². The van der Waals surface area contributed by atoms with Gasteiger partial charge in [0.05, 0.1) is 18.5 Å². The van der Waals surface area contributed by atoms with E-state index in [2.05, 4.69) is 15.3 Å². The molecule has 1 rings (SSSR count). The third-order valence-electron chi connectivity index (χ3n) is 1.76. The van der Waals surface area contributed by atoms with Crippen LogP contribution in [0.3, 0.4) is 0 Å². The molecular weight excluding hydrogens is 196 g/mol. The molecule has 1 aromatic heterocycles. The second-order valence-electron chi connectivity index (χ2n) is 2.96. The Kier molecular flexibility index (Phi) is 3.99. The zero-order valence-corrected chi connectivity index (χ0v) is 8.78. The van der Waals surface area contributed by atoms with Gasteiger partial charge >= 0.3 is 0 Å². The second kappa shape index (κ2) is 5.26. The van der Waals surface area contributed by atoms with Gasteiger partial charge in [-0.3, -0.25) is 4.79 Å². The van der Waals surface area contributed by atoms with Crippen LogP contribution in [-0.4, -0.2) is 36.1 Å². The number of ether oxygens (including phenoxy) is 1. The topological polar surface area (TPSA) is 90.1 Å². The van der Waals surface area contributed by atoms with Crippen LogP contribution in [0.25, 0.3) is 0 Å². The number of nitrogens with one attached hydrogen (secondary N) is 1. The molecule has 0 aliphatic heterocycles. The molecule has 0 spiro atoms. The highest BCUT2D eigenvalue weighted by molar-refractivity contribution is 5.96. The summed E-state index contributed by atoms with van der Waals surface area (Å²) in [5, 5.41) is 2.97. The zero-order valence-electron chi connectivity index (χ0n) is 8.78. The van der Waals surface area contributed by atoms with Gasteiger partial charge < -0.3 is 15.8 Å². The van der Waals surface area contributed by atoms with E-state index in [0.717, 1.165) is 0 Å². The molecule has 0 unspecified atom stereocenters. The number of nitrogens with zero attached hydrogens (tertiary/aromatic N) is 2. The molecule has 0 bridgehead atoms. The Morgan fingerprint density at radius 1 is 1.67 bits per heavy atom. The Morgan fingerprint density at radius 3 is 3.00 bits per heavy atom. The van der Waals surface area contributed by atoms with Crippen molar-refractivity contribution in [2.75, 3.05) is 25.6 Å². The molecule has 0 saturated carbocycles. The first-order chi connectivity index (χ1) is 7.15. The fraction of sp³-hybridized carbons (Fsp3) is 0.444. The molecule has 82 valence electrons. The van der Waals surface area contributed by atoms with Crippen molar-refractivity contribution in [3.05, 3.63) is 17.7 Å². The maximum atomic E-state index is 11.1. The van der Waals surface area contributed by atoms with Crippen molar-refractivity contribution in [2.45, 2.75) is 6.92 Å². The zero-order chi connectivity index (χ0) is 11.3. The lowest BCUT2D eigenvalue weighted by molar-refractivity contribution is 0.0996. The maximum absolute atomic E-state index is 11.1. The van der Waals surface area contributed by atoms with Crippen LogP contribution in [0.15, 0.2) is 6.20 Å². The van der Waals surface area contributed by atoms with Gasteiger partial charge in [-0.05, 0) is 6.92 Å². The van der Waals surface area contributed by atoms with E-state index in [-0.39, 0.29) is 5.69 Å². The molecule has 0 fully saturated rings. The lowest BCUT2D eigenvalue weighted by Crippen LogP contribution is -2.19. The predicted molar refractivity (Wildman–Crippen MR) is 55.7 cm³/mol. The van der Waals surface area contributed by atoms with Crippen LogP contribution in [-0.2, 0) is 4.74 Å². The van der Waals surface area contributed by atoms with Gasteiger partial charge in [0.1, 0.15) is 5.82 Å². The molecule has 0 atom stereocenters. The number of amides is 1. The number of nitrogens with two attached hydrogens (primary N) is 1. The molecule has 6 nitrogen and oxygen atoms in total.